The molecule has 0 aliphatic heterocycles. The van der Waals surface area contributed by atoms with Crippen LogP contribution < -0.4 is 16.2 Å². The summed E-state index contributed by atoms with van der Waals surface area (Å²) in [6.07, 6.45) is -0.231. The zero-order valence-electron chi connectivity index (χ0n) is 8.96. The second kappa shape index (κ2) is 7.35. The molecule has 0 radical (unpaired) electrons. The molecule has 0 fully saturated rings. The monoisotopic (exact) mass is 394 g/mol. The lowest BCUT2D eigenvalue weighted by atomic mass is 10.3. The molecule has 0 aliphatic carbocycles. The van der Waals surface area contributed by atoms with Gasteiger partial charge in [-0.25, -0.2) is 0 Å². The number of thiocarbonyl (C=S) groups is 1. The Balaban J connectivity index is 2.47. The number of rotatable bonds is 2. The molecule has 5 nitrogen and oxygen atoms in total. The second-order valence-electron chi connectivity index (χ2n) is 3.09. The van der Waals surface area contributed by atoms with E-state index in [1.54, 1.807) is 18.2 Å². The van der Waals surface area contributed by atoms with Gasteiger partial charge in [0.15, 0.2) is 5.11 Å². The first-order chi connectivity index (χ1) is 8.52. The molecule has 0 bridgehead atoms. The quantitative estimate of drug-likeness (QED) is 0.407. The molecule has 1 amide bonds. The van der Waals surface area contributed by atoms with Crippen molar-refractivity contribution < 1.29 is 4.79 Å². The van der Waals surface area contributed by atoms with E-state index in [1.165, 1.54) is 0 Å². The standard InChI is InChI=1S/C10H8ClIN4OS/c11-7-5-6(1-2-8(7)12)14-10(18)16-15-9(17)3-4-13/h1-2,5H,3H2,(H,15,17)(H2,14,16,18). The summed E-state index contributed by atoms with van der Waals surface area (Å²) in [4.78, 5) is 11.0. The summed E-state index contributed by atoms with van der Waals surface area (Å²) >= 11 is 13.0. The average Bonchev–Trinajstić information content (AvgIpc) is 2.32. The van der Waals surface area contributed by atoms with Gasteiger partial charge in [0.25, 0.3) is 5.91 Å². The van der Waals surface area contributed by atoms with Crippen molar-refractivity contribution >= 4 is 63.1 Å². The Kier molecular flexibility index (Phi) is 6.11. The van der Waals surface area contributed by atoms with Crippen LogP contribution >= 0.6 is 46.4 Å². The van der Waals surface area contributed by atoms with Gasteiger partial charge in [-0.2, -0.15) is 5.26 Å². The largest absolute Gasteiger partial charge is 0.331 e. The smallest absolute Gasteiger partial charge is 0.252 e. The normalized spacial score (nSPS) is 9.17. The maximum atomic E-state index is 11.0. The molecule has 1 aromatic carbocycles. The van der Waals surface area contributed by atoms with E-state index in [0.29, 0.717) is 10.7 Å². The van der Waals surface area contributed by atoms with E-state index >= 15 is 0 Å². The van der Waals surface area contributed by atoms with Gasteiger partial charge in [0.05, 0.1) is 11.1 Å². The van der Waals surface area contributed by atoms with Crippen LogP contribution in [0.2, 0.25) is 5.02 Å². The molecule has 0 aromatic heterocycles. The molecular weight excluding hydrogens is 387 g/mol. The number of hydrogen-bond acceptors (Lipinski definition) is 3. The Labute approximate surface area is 128 Å². The minimum absolute atomic E-state index is 0.207. The van der Waals surface area contributed by atoms with Gasteiger partial charge >= 0.3 is 0 Å². The van der Waals surface area contributed by atoms with Crippen LogP contribution in [-0.2, 0) is 4.79 Å². The van der Waals surface area contributed by atoms with Crippen molar-refractivity contribution in [2.24, 2.45) is 0 Å². The number of halogens is 2. The Morgan fingerprint density at radius 1 is 1.50 bits per heavy atom. The maximum absolute atomic E-state index is 11.0. The predicted octanol–water partition coefficient (Wildman–Crippen LogP) is 2.18. The van der Waals surface area contributed by atoms with E-state index < -0.39 is 5.91 Å². The molecule has 0 atom stereocenters. The molecule has 1 rings (SSSR count). The van der Waals surface area contributed by atoms with E-state index in [0.717, 1.165) is 3.57 Å². The van der Waals surface area contributed by atoms with Gasteiger partial charge in [0, 0.05) is 9.26 Å². The van der Waals surface area contributed by atoms with Crippen LogP contribution in [0.4, 0.5) is 5.69 Å². The van der Waals surface area contributed by atoms with Crippen LogP contribution in [0.5, 0.6) is 0 Å². The number of anilines is 1. The zero-order valence-corrected chi connectivity index (χ0v) is 12.7. The molecule has 1 aromatic rings. The number of carbonyl (C=O) groups is 1. The summed E-state index contributed by atoms with van der Waals surface area (Å²) in [6.45, 7) is 0. The fourth-order valence-corrected chi connectivity index (χ4v) is 1.66. The Morgan fingerprint density at radius 3 is 2.83 bits per heavy atom. The molecule has 0 saturated carbocycles. The third kappa shape index (κ3) is 5.03. The highest BCUT2D eigenvalue weighted by atomic mass is 127. The molecule has 0 saturated heterocycles. The molecule has 0 heterocycles. The van der Waals surface area contributed by atoms with E-state index in [4.69, 9.17) is 29.1 Å². The van der Waals surface area contributed by atoms with Crippen LogP contribution in [0.3, 0.4) is 0 Å². The topological polar surface area (TPSA) is 77.0 Å². The molecule has 8 heteroatoms. The number of benzene rings is 1. The lowest BCUT2D eigenvalue weighted by molar-refractivity contribution is -0.120. The van der Waals surface area contributed by atoms with Crippen LogP contribution in [0.25, 0.3) is 0 Å². The number of hydrazine groups is 1. The summed E-state index contributed by atoms with van der Waals surface area (Å²) in [5, 5.41) is 11.9. The minimum Gasteiger partial charge on any atom is -0.331 e. The summed E-state index contributed by atoms with van der Waals surface area (Å²) < 4.78 is 0.931. The number of carbonyl (C=O) groups excluding carboxylic acids is 1. The highest BCUT2D eigenvalue weighted by Crippen LogP contribution is 2.22. The number of nitrogens with zero attached hydrogens (tertiary/aromatic N) is 1. The van der Waals surface area contributed by atoms with Crippen LogP contribution in [0.1, 0.15) is 6.42 Å². The Bertz CT molecular complexity index is 517. The zero-order chi connectivity index (χ0) is 13.5. The van der Waals surface area contributed by atoms with Gasteiger partial charge in [-0.3, -0.25) is 15.6 Å². The van der Waals surface area contributed by atoms with Gasteiger partial charge in [0.2, 0.25) is 0 Å². The first-order valence-corrected chi connectivity index (χ1v) is 6.57. The van der Waals surface area contributed by atoms with E-state index in [9.17, 15) is 4.79 Å². The van der Waals surface area contributed by atoms with Crippen molar-refractivity contribution in [1.29, 1.82) is 5.26 Å². The van der Waals surface area contributed by atoms with E-state index in [2.05, 4.69) is 38.8 Å². The highest BCUT2D eigenvalue weighted by molar-refractivity contribution is 14.1. The van der Waals surface area contributed by atoms with Crippen LogP contribution in [0.15, 0.2) is 18.2 Å². The maximum Gasteiger partial charge on any atom is 0.252 e. The molecule has 18 heavy (non-hydrogen) atoms. The van der Waals surface area contributed by atoms with Gasteiger partial charge in [-0.05, 0) is 53.0 Å². The first kappa shape index (κ1) is 14.9. The van der Waals surface area contributed by atoms with Gasteiger partial charge in [-0.15, -0.1) is 0 Å². The summed E-state index contributed by atoms with van der Waals surface area (Å²) in [7, 11) is 0. The molecule has 0 unspecified atom stereocenters. The SMILES string of the molecule is N#CCC(=O)NNC(=S)Nc1ccc(I)c(Cl)c1. The van der Waals surface area contributed by atoms with Crippen molar-refractivity contribution in [3.63, 3.8) is 0 Å². The Morgan fingerprint density at radius 2 is 2.22 bits per heavy atom. The molecular formula is C10H8ClIN4OS. The molecule has 3 N–H and O–H groups in total. The first-order valence-electron chi connectivity index (χ1n) is 4.70. The van der Waals surface area contributed by atoms with Crippen LogP contribution in [-0.4, -0.2) is 11.0 Å². The van der Waals surface area contributed by atoms with Gasteiger partial charge < -0.3 is 5.32 Å². The van der Waals surface area contributed by atoms with Crippen molar-refractivity contribution in [1.82, 2.24) is 10.9 Å². The van der Waals surface area contributed by atoms with E-state index in [1.807, 2.05) is 6.07 Å². The third-order valence-corrected chi connectivity index (χ3v) is 3.51. The van der Waals surface area contributed by atoms with Gasteiger partial charge in [-0.1, -0.05) is 11.6 Å². The fourth-order valence-electron chi connectivity index (χ4n) is 0.979. The predicted molar refractivity (Wildman–Crippen MR) is 81.9 cm³/mol. The average molecular weight is 395 g/mol. The lowest BCUT2D eigenvalue weighted by Crippen LogP contribution is -2.43. The van der Waals surface area contributed by atoms with Crippen molar-refractivity contribution in [3.8, 4) is 6.07 Å². The molecule has 94 valence electrons. The Hall–Kier alpha value is -1.11. The van der Waals surface area contributed by atoms with E-state index in [-0.39, 0.29) is 11.5 Å². The summed E-state index contributed by atoms with van der Waals surface area (Å²) in [6, 6.07) is 7.08. The summed E-state index contributed by atoms with van der Waals surface area (Å²) in [5.41, 5.74) is 5.46. The minimum atomic E-state index is -0.456. The van der Waals surface area contributed by atoms with Gasteiger partial charge in [0.1, 0.15) is 6.42 Å². The van der Waals surface area contributed by atoms with Crippen molar-refractivity contribution in [3.05, 3.63) is 26.8 Å². The van der Waals surface area contributed by atoms with Crippen LogP contribution in [0, 0.1) is 14.9 Å². The highest BCUT2D eigenvalue weighted by Gasteiger charge is 2.03. The fraction of sp³-hybridized carbons (Fsp3) is 0.100. The third-order valence-electron chi connectivity index (χ3n) is 1.73. The number of hydrogen-bond donors (Lipinski definition) is 3. The molecule has 0 aliphatic rings. The number of amides is 1. The number of nitrogens with one attached hydrogen (secondary N) is 3. The number of nitriles is 1. The van der Waals surface area contributed by atoms with Crippen molar-refractivity contribution in [2.75, 3.05) is 5.32 Å². The second-order valence-corrected chi connectivity index (χ2v) is 5.07. The molecule has 0 spiro atoms. The van der Waals surface area contributed by atoms with Crippen molar-refractivity contribution in [2.45, 2.75) is 6.42 Å². The lowest BCUT2D eigenvalue weighted by Gasteiger charge is -2.11. The summed E-state index contributed by atoms with van der Waals surface area (Å²) in [5.74, 6) is -0.456.